The minimum absolute atomic E-state index is 0.127. The molecule has 0 fully saturated rings. The standard InChI is InChI=1S/C23H18BrClN6OS/c1-15(16-2-6-19(25)7-3-16)27-28-21(32)14-33-23-30-29-22(17-10-12-26-13-11-17)31(23)20-8-4-18(24)5-9-20/h2-13H,14H2,1H3,(H,28,32)/b27-15-. The van der Waals surface area contributed by atoms with Gasteiger partial charge in [0.1, 0.15) is 0 Å². The zero-order valence-corrected chi connectivity index (χ0v) is 20.6. The third kappa shape index (κ3) is 5.87. The first-order chi connectivity index (χ1) is 16.0. The maximum Gasteiger partial charge on any atom is 0.250 e. The van der Waals surface area contributed by atoms with E-state index >= 15 is 0 Å². The number of hydrogen-bond acceptors (Lipinski definition) is 6. The second-order valence-corrected chi connectivity index (χ2v) is 9.18. The number of carbonyl (C=O) groups excluding carboxylic acids is 1. The fourth-order valence-corrected chi connectivity index (χ4v) is 4.07. The largest absolute Gasteiger partial charge is 0.272 e. The number of hydrogen-bond donors (Lipinski definition) is 1. The van der Waals surface area contributed by atoms with Crippen LogP contribution in [0.3, 0.4) is 0 Å². The van der Waals surface area contributed by atoms with Crippen molar-refractivity contribution in [3.05, 3.63) is 88.1 Å². The van der Waals surface area contributed by atoms with E-state index in [1.54, 1.807) is 24.5 Å². The summed E-state index contributed by atoms with van der Waals surface area (Å²) in [6.45, 7) is 1.82. The number of amides is 1. The van der Waals surface area contributed by atoms with Crippen LogP contribution in [0.25, 0.3) is 17.1 Å². The molecule has 0 bridgehead atoms. The molecule has 0 unspecified atom stereocenters. The number of thioether (sulfide) groups is 1. The van der Waals surface area contributed by atoms with Gasteiger partial charge in [-0.05, 0) is 61.0 Å². The number of benzene rings is 2. The smallest absolute Gasteiger partial charge is 0.250 e. The molecule has 1 amide bonds. The Balaban J connectivity index is 1.51. The summed E-state index contributed by atoms with van der Waals surface area (Å²) in [6, 6.07) is 18.8. The Labute approximate surface area is 208 Å². The van der Waals surface area contributed by atoms with Crippen LogP contribution in [0.2, 0.25) is 5.02 Å². The molecular weight excluding hydrogens is 524 g/mol. The maximum absolute atomic E-state index is 12.4. The molecule has 33 heavy (non-hydrogen) atoms. The van der Waals surface area contributed by atoms with Gasteiger partial charge in [-0.2, -0.15) is 5.10 Å². The van der Waals surface area contributed by atoms with E-state index in [1.807, 2.05) is 60.0 Å². The molecule has 0 saturated heterocycles. The van der Waals surface area contributed by atoms with Crippen LogP contribution in [0.5, 0.6) is 0 Å². The molecule has 0 saturated carbocycles. The van der Waals surface area contributed by atoms with E-state index in [4.69, 9.17) is 11.6 Å². The molecule has 0 aliphatic carbocycles. The molecule has 2 heterocycles. The first kappa shape index (κ1) is 23.2. The van der Waals surface area contributed by atoms with Crippen LogP contribution in [0.1, 0.15) is 12.5 Å². The van der Waals surface area contributed by atoms with Crippen LogP contribution in [-0.2, 0) is 4.79 Å². The fraction of sp³-hybridized carbons (Fsp3) is 0.0870. The molecule has 0 aliphatic rings. The van der Waals surface area contributed by atoms with Gasteiger partial charge in [0.15, 0.2) is 11.0 Å². The number of pyridine rings is 1. The highest BCUT2D eigenvalue weighted by molar-refractivity contribution is 9.10. The minimum atomic E-state index is -0.246. The lowest BCUT2D eigenvalue weighted by Gasteiger charge is -2.10. The van der Waals surface area contributed by atoms with E-state index in [-0.39, 0.29) is 11.7 Å². The van der Waals surface area contributed by atoms with E-state index in [0.717, 1.165) is 21.3 Å². The highest BCUT2D eigenvalue weighted by Gasteiger charge is 2.17. The molecule has 0 radical (unpaired) electrons. The Morgan fingerprint density at radius 1 is 1.06 bits per heavy atom. The Kier molecular flexibility index (Phi) is 7.54. The van der Waals surface area contributed by atoms with E-state index in [9.17, 15) is 4.79 Å². The average Bonchev–Trinajstić information content (AvgIpc) is 3.26. The zero-order chi connectivity index (χ0) is 23.2. The third-order valence-corrected chi connectivity index (χ3v) is 6.31. The van der Waals surface area contributed by atoms with Gasteiger partial charge in [0.25, 0.3) is 5.91 Å². The molecule has 0 atom stereocenters. The van der Waals surface area contributed by atoms with Crippen molar-refractivity contribution >= 4 is 50.9 Å². The Morgan fingerprint density at radius 3 is 2.45 bits per heavy atom. The van der Waals surface area contributed by atoms with Gasteiger partial charge in [0, 0.05) is 33.1 Å². The van der Waals surface area contributed by atoms with Crippen LogP contribution in [0, 0.1) is 0 Å². The van der Waals surface area contributed by atoms with Crippen molar-refractivity contribution in [3.63, 3.8) is 0 Å². The number of rotatable bonds is 7. The lowest BCUT2D eigenvalue weighted by molar-refractivity contribution is -0.118. The van der Waals surface area contributed by atoms with Crippen LogP contribution in [0.15, 0.2) is 87.8 Å². The Bertz CT molecular complexity index is 1280. The van der Waals surface area contributed by atoms with E-state index in [2.05, 4.69) is 41.6 Å². The monoisotopic (exact) mass is 540 g/mol. The van der Waals surface area contributed by atoms with Gasteiger partial charge in [-0.15, -0.1) is 10.2 Å². The van der Waals surface area contributed by atoms with Crippen molar-refractivity contribution < 1.29 is 4.79 Å². The van der Waals surface area contributed by atoms with Crippen LogP contribution < -0.4 is 5.43 Å². The van der Waals surface area contributed by atoms with E-state index in [0.29, 0.717) is 21.7 Å². The number of nitrogens with one attached hydrogen (secondary N) is 1. The molecular formula is C23H18BrClN6OS. The second-order valence-electron chi connectivity index (χ2n) is 6.88. The van der Waals surface area contributed by atoms with Crippen molar-refractivity contribution in [1.29, 1.82) is 0 Å². The zero-order valence-electron chi connectivity index (χ0n) is 17.4. The minimum Gasteiger partial charge on any atom is -0.272 e. The number of nitrogens with zero attached hydrogens (tertiary/aromatic N) is 5. The van der Waals surface area contributed by atoms with Crippen LogP contribution in [0.4, 0.5) is 0 Å². The molecule has 4 rings (SSSR count). The first-order valence-electron chi connectivity index (χ1n) is 9.85. The van der Waals surface area contributed by atoms with Gasteiger partial charge in [0.2, 0.25) is 0 Å². The molecule has 7 nitrogen and oxygen atoms in total. The Morgan fingerprint density at radius 2 is 1.76 bits per heavy atom. The molecule has 10 heteroatoms. The molecule has 1 N–H and O–H groups in total. The number of carbonyl (C=O) groups is 1. The van der Waals surface area contributed by atoms with Crippen molar-refractivity contribution in [1.82, 2.24) is 25.2 Å². The highest BCUT2D eigenvalue weighted by Crippen LogP contribution is 2.28. The average molecular weight is 542 g/mol. The molecule has 2 aromatic carbocycles. The first-order valence-corrected chi connectivity index (χ1v) is 12.0. The second kappa shape index (κ2) is 10.7. The molecule has 0 spiro atoms. The van der Waals surface area contributed by atoms with Crippen LogP contribution >= 0.6 is 39.3 Å². The topological polar surface area (TPSA) is 85.1 Å². The summed E-state index contributed by atoms with van der Waals surface area (Å²) < 4.78 is 2.88. The SMILES string of the molecule is C/C(=N/NC(=O)CSc1nnc(-c2ccncc2)n1-c1ccc(Br)cc1)c1ccc(Cl)cc1. The van der Waals surface area contributed by atoms with Crippen molar-refractivity contribution in [2.24, 2.45) is 5.10 Å². The summed E-state index contributed by atoms with van der Waals surface area (Å²) >= 11 is 10.7. The van der Waals surface area contributed by atoms with E-state index < -0.39 is 0 Å². The summed E-state index contributed by atoms with van der Waals surface area (Å²) in [6.07, 6.45) is 3.41. The predicted molar refractivity (Wildman–Crippen MR) is 135 cm³/mol. The normalized spacial score (nSPS) is 11.4. The summed E-state index contributed by atoms with van der Waals surface area (Å²) in [5.74, 6) is 0.547. The number of halogens is 2. The van der Waals surface area contributed by atoms with Gasteiger partial charge < -0.3 is 0 Å². The predicted octanol–water partition coefficient (Wildman–Crippen LogP) is 5.38. The molecule has 4 aromatic rings. The molecule has 0 aliphatic heterocycles. The maximum atomic E-state index is 12.4. The van der Waals surface area contributed by atoms with E-state index in [1.165, 1.54) is 11.8 Å². The molecule has 2 aromatic heterocycles. The van der Waals surface area contributed by atoms with Gasteiger partial charge in [0.05, 0.1) is 11.5 Å². The van der Waals surface area contributed by atoms with Gasteiger partial charge >= 0.3 is 0 Å². The summed E-state index contributed by atoms with van der Waals surface area (Å²) in [4.78, 5) is 16.5. The third-order valence-electron chi connectivity index (χ3n) is 4.60. The Hall–Kier alpha value is -3.01. The lowest BCUT2D eigenvalue weighted by Crippen LogP contribution is -2.21. The van der Waals surface area contributed by atoms with Gasteiger partial charge in [-0.25, -0.2) is 5.43 Å². The van der Waals surface area contributed by atoms with Gasteiger partial charge in [-0.3, -0.25) is 14.3 Å². The van der Waals surface area contributed by atoms with Crippen LogP contribution in [-0.4, -0.2) is 37.1 Å². The molecule has 166 valence electrons. The summed E-state index contributed by atoms with van der Waals surface area (Å²) in [5.41, 5.74) is 5.92. The highest BCUT2D eigenvalue weighted by atomic mass is 79.9. The lowest BCUT2D eigenvalue weighted by atomic mass is 10.1. The summed E-state index contributed by atoms with van der Waals surface area (Å²) in [7, 11) is 0. The van der Waals surface area contributed by atoms with Crippen molar-refractivity contribution in [3.8, 4) is 17.1 Å². The van der Waals surface area contributed by atoms with Gasteiger partial charge in [-0.1, -0.05) is 51.4 Å². The number of aromatic nitrogens is 4. The quantitative estimate of drug-likeness (QED) is 0.193. The fourth-order valence-electron chi connectivity index (χ4n) is 2.94. The summed E-state index contributed by atoms with van der Waals surface area (Å²) in [5, 5.41) is 14.1. The number of hydrazone groups is 1. The van der Waals surface area contributed by atoms with Crippen molar-refractivity contribution in [2.45, 2.75) is 12.1 Å². The van der Waals surface area contributed by atoms with Crippen molar-refractivity contribution in [2.75, 3.05) is 5.75 Å².